The molecule has 0 aliphatic heterocycles. The van der Waals surface area contributed by atoms with Crippen LogP contribution in [0.25, 0.3) is 0 Å². The number of hydrogen-bond acceptors (Lipinski definition) is 4. The molecule has 3 N–H and O–H groups in total. The molecule has 0 bridgehead atoms. The van der Waals surface area contributed by atoms with Crippen LogP contribution in [-0.4, -0.2) is 19.1 Å². The predicted molar refractivity (Wildman–Crippen MR) is 74.7 cm³/mol. The zero-order valence-corrected chi connectivity index (χ0v) is 11.6. The number of nitrogen functional groups attached to an aromatic ring is 1. The molecule has 0 saturated heterocycles. The lowest BCUT2D eigenvalue weighted by Crippen LogP contribution is -2.32. The molecular weight excluding hydrogens is 252 g/mol. The number of hydrogen-bond donors (Lipinski definition) is 2. The molecule has 0 heterocycles. The first-order valence-electron chi connectivity index (χ1n) is 5.83. The third kappa shape index (κ3) is 4.11. The molecule has 5 heteroatoms. The van der Waals surface area contributed by atoms with Crippen LogP contribution in [-0.2, 0) is 9.53 Å². The van der Waals surface area contributed by atoms with E-state index < -0.39 is 6.04 Å². The number of carbonyl (C=O) groups excluding carboxylic acids is 1. The van der Waals surface area contributed by atoms with Crippen LogP contribution in [0.3, 0.4) is 0 Å². The second kappa shape index (κ2) is 6.50. The smallest absolute Gasteiger partial charge is 0.328 e. The Bertz CT molecular complexity index is 421. The van der Waals surface area contributed by atoms with Gasteiger partial charge in [-0.15, -0.1) is 0 Å². The van der Waals surface area contributed by atoms with Crippen molar-refractivity contribution in [1.82, 2.24) is 0 Å². The lowest BCUT2D eigenvalue weighted by Gasteiger charge is -2.20. The van der Waals surface area contributed by atoms with Crippen LogP contribution in [0.4, 0.5) is 11.4 Å². The van der Waals surface area contributed by atoms with Gasteiger partial charge in [0.2, 0.25) is 0 Å². The summed E-state index contributed by atoms with van der Waals surface area (Å²) in [5.41, 5.74) is 6.89. The summed E-state index contributed by atoms with van der Waals surface area (Å²) in [6.45, 7) is 4.09. The van der Waals surface area contributed by atoms with Gasteiger partial charge in [-0.2, -0.15) is 0 Å². The predicted octanol–water partition coefficient (Wildman–Crippen LogP) is 2.92. The van der Waals surface area contributed by atoms with Gasteiger partial charge in [0, 0.05) is 5.69 Å². The number of carbonyl (C=O) groups is 1. The van der Waals surface area contributed by atoms with E-state index in [9.17, 15) is 4.79 Å². The van der Waals surface area contributed by atoms with E-state index in [1.807, 2.05) is 13.8 Å². The molecular formula is C13H19ClN2O2. The number of anilines is 2. The molecule has 18 heavy (non-hydrogen) atoms. The highest BCUT2D eigenvalue weighted by Crippen LogP contribution is 2.25. The number of methoxy groups -OCH3 is 1. The molecule has 1 aromatic rings. The number of nitrogens with one attached hydrogen (secondary N) is 1. The van der Waals surface area contributed by atoms with Gasteiger partial charge in [-0.1, -0.05) is 25.4 Å². The summed E-state index contributed by atoms with van der Waals surface area (Å²) in [5.74, 6) is 0.0748. The molecule has 1 rings (SSSR count). The Morgan fingerprint density at radius 1 is 1.50 bits per heavy atom. The van der Waals surface area contributed by atoms with Crippen molar-refractivity contribution < 1.29 is 9.53 Å². The SMILES string of the molecule is COC(=O)C(CC(C)C)Nc1ccc(N)cc1Cl. The molecule has 0 amide bonds. The summed E-state index contributed by atoms with van der Waals surface area (Å²) in [6, 6.07) is 4.73. The minimum absolute atomic E-state index is 0.295. The molecule has 0 aromatic heterocycles. The van der Waals surface area contributed by atoms with Crippen molar-refractivity contribution in [2.45, 2.75) is 26.3 Å². The van der Waals surface area contributed by atoms with Crippen LogP contribution in [0, 0.1) is 5.92 Å². The molecule has 4 nitrogen and oxygen atoms in total. The minimum atomic E-state index is -0.406. The van der Waals surface area contributed by atoms with Crippen LogP contribution in [0.1, 0.15) is 20.3 Å². The number of nitrogens with two attached hydrogens (primary N) is 1. The first-order valence-corrected chi connectivity index (χ1v) is 6.21. The van der Waals surface area contributed by atoms with Gasteiger partial charge in [0.05, 0.1) is 17.8 Å². The lowest BCUT2D eigenvalue weighted by atomic mass is 10.0. The Morgan fingerprint density at radius 3 is 2.67 bits per heavy atom. The molecule has 1 aromatic carbocycles. The van der Waals surface area contributed by atoms with Crippen LogP contribution in [0.15, 0.2) is 18.2 Å². The molecule has 1 unspecified atom stereocenters. The summed E-state index contributed by atoms with van der Waals surface area (Å²) >= 11 is 6.06. The highest BCUT2D eigenvalue weighted by molar-refractivity contribution is 6.33. The largest absolute Gasteiger partial charge is 0.467 e. The topological polar surface area (TPSA) is 64.3 Å². The van der Waals surface area contributed by atoms with Crippen molar-refractivity contribution in [3.63, 3.8) is 0 Å². The van der Waals surface area contributed by atoms with Crippen molar-refractivity contribution in [2.24, 2.45) is 5.92 Å². The summed E-state index contributed by atoms with van der Waals surface area (Å²) < 4.78 is 4.78. The summed E-state index contributed by atoms with van der Waals surface area (Å²) in [4.78, 5) is 11.7. The Balaban J connectivity index is 2.85. The van der Waals surface area contributed by atoms with Crippen LogP contribution in [0.5, 0.6) is 0 Å². The second-order valence-electron chi connectivity index (χ2n) is 4.59. The fraction of sp³-hybridized carbons (Fsp3) is 0.462. The maximum atomic E-state index is 11.7. The van der Waals surface area contributed by atoms with Crippen molar-refractivity contribution in [2.75, 3.05) is 18.2 Å². The molecule has 0 aliphatic carbocycles. The van der Waals surface area contributed by atoms with Crippen molar-refractivity contribution in [1.29, 1.82) is 0 Å². The molecule has 100 valence electrons. The van der Waals surface area contributed by atoms with Gasteiger partial charge in [-0.25, -0.2) is 4.79 Å². The Hall–Kier alpha value is -1.42. The summed E-state index contributed by atoms with van der Waals surface area (Å²) in [6.07, 6.45) is 0.674. The highest BCUT2D eigenvalue weighted by atomic mass is 35.5. The van der Waals surface area contributed by atoms with Crippen molar-refractivity contribution >= 4 is 28.9 Å². The standard InChI is InChI=1S/C13H19ClN2O2/c1-8(2)6-12(13(17)18-3)16-11-5-4-9(15)7-10(11)14/h4-5,7-8,12,16H,6,15H2,1-3H3. The van der Waals surface area contributed by atoms with E-state index in [-0.39, 0.29) is 5.97 Å². The van der Waals surface area contributed by atoms with Crippen LogP contribution in [0.2, 0.25) is 5.02 Å². The van der Waals surface area contributed by atoms with Crippen LogP contribution >= 0.6 is 11.6 Å². The monoisotopic (exact) mass is 270 g/mol. The molecule has 0 aliphatic rings. The third-order valence-corrected chi connectivity index (χ3v) is 2.83. The van der Waals surface area contributed by atoms with E-state index in [1.54, 1.807) is 18.2 Å². The first-order chi connectivity index (χ1) is 8.43. The zero-order valence-electron chi connectivity index (χ0n) is 10.9. The van der Waals surface area contributed by atoms with Gasteiger partial charge in [-0.3, -0.25) is 0 Å². The molecule has 0 fully saturated rings. The Kier molecular flexibility index (Phi) is 5.28. The fourth-order valence-electron chi connectivity index (χ4n) is 1.66. The quantitative estimate of drug-likeness (QED) is 0.638. The van der Waals surface area contributed by atoms with E-state index in [1.165, 1.54) is 7.11 Å². The fourth-order valence-corrected chi connectivity index (χ4v) is 1.91. The van der Waals surface area contributed by atoms with Gasteiger partial charge in [0.15, 0.2) is 0 Å². The van der Waals surface area contributed by atoms with E-state index in [0.29, 0.717) is 28.7 Å². The number of rotatable bonds is 5. The average Bonchev–Trinajstić information content (AvgIpc) is 2.30. The minimum Gasteiger partial charge on any atom is -0.467 e. The normalized spacial score (nSPS) is 12.3. The number of benzene rings is 1. The second-order valence-corrected chi connectivity index (χ2v) is 5.00. The molecule has 1 atom stereocenters. The number of ether oxygens (including phenoxy) is 1. The molecule has 0 radical (unpaired) electrons. The van der Waals surface area contributed by atoms with Crippen LogP contribution < -0.4 is 11.1 Å². The van der Waals surface area contributed by atoms with Crippen molar-refractivity contribution in [3.8, 4) is 0 Å². The van der Waals surface area contributed by atoms with Gasteiger partial charge in [-0.05, 0) is 30.5 Å². The number of halogens is 1. The van der Waals surface area contributed by atoms with Gasteiger partial charge >= 0.3 is 5.97 Å². The van der Waals surface area contributed by atoms with Gasteiger partial charge in [0.1, 0.15) is 6.04 Å². The van der Waals surface area contributed by atoms with Gasteiger partial charge in [0.25, 0.3) is 0 Å². The summed E-state index contributed by atoms with van der Waals surface area (Å²) in [7, 11) is 1.38. The van der Waals surface area contributed by atoms with Gasteiger partial charge < -0.3 is 15.8 Å². The lowest BCUT2D eigenvalue weighted by molar-refractivity contribution is -0.141. The molecule has 0 spiro atoms. The average molecular weight is 271 g/mol. The number of esters is 1. The third-order valence-electron chi connectivity index (χ3n) is 2.52. The summed E-state index contributed by atoms with van der Waals surface area (Å²) in [5, 5.41) is 3.59. The Morgan fingerprint density at radius 2 is 2.17 bits per heavy atom. The molecule has 0 saturated carbocycles. The first kappa shape index (κ1) is 14.6. The van der Waals surface area contributed by atoms with E-state index in [4.69, 9.17) is 22.1 Å². The van der Waals surface area contributed by atoms with E-state index in [0.717, 1.165) is 0 Å². The van der Waals surface area contributed by atoms with Crippen molar-refractivity contribution in [3.05, 3.63) is 23.2 Å². The maximum Gasteiger partial charge on any atom is 0.328 e. The Labute approximate surface area is 112 Å². The highest BCUT2D eigenvalue weighted by Gasteiger charge is 2.21. The van der Waals surface area contributed by atoms with E-state index >= 15 is 0 Å². The maximum absolute atomic E-state index is 11.7. The van der Waals surface area contributed by atoms with E-state index in [2.05, 4.69) is 5.32 Å². The zero-order chi connectivity index (χ0) is 13.7.